The van der Waals surface area contributed by atoms with Crippen LogP contribution in [0.1, 0.15) is 30.6 Å². The third-order valence-corrected chi connectivity index (χ3v) is 2.67. The maximum absolute atomic E-state index is 5.74. The summed E-state index contributed by atoms with van der Waals surface area (Å²) in [5, 5.41) is 7.01. The molecule has 102 valence electrons. The van der Waals surface area contributed by atoms with Crippen LogP contribution >= 0.6 is 0 Å². The first-order valence-electron chi connectivity index (χ1n) is 6.50. The van der Waals surface area contributed by atoms with Gasteiger partial charge in [0.25, 0.3) is 0 Å². The van der Waals surface area contributed by atoms with Gasteiger partial charge in [0.1, 0.15) is 5.75 Å². The highest BCUT2D eigenvalue weighted by molar-refractivity contribution is 5.33. The molecule has 19 heavy (non-hydrogen) atoms. The molecule has 0 saturated heterocycles. The van der Waals surface area contributed by atoms with Crippen LogP contribution in [0.5, 0.6) is 5.75 Å². The molecule has 5 nitrogen and oxygen atoms in total. The van der Waals surface area contributed by atoms with Gasteiger partial charge in [-0.25, -0.2) is 0 Å². The van der Waals surface area contributed by atoms with Crippen LogP contribution in [0.15, 0.2) is 28.8 Å². The van der Waals surface area contributed by atoms with E-state index in [1.165, 1.54) is 0 Å². The minimum absolute atomic E-state index is 0.327. The molecule has 1 heterocycles. The van der Waals surface area contributed by atoms with Gasteiger partial charge >= 0.3 is 0 Å². The molecule has 0 spiro atoms. The number of para-hydroxylation sites is 1. The van der Waals surface area contributed by atoms with Gasteiger partial charge < -0.3 is 14.6 Å². The highest BCUT2D eigenvalue weighted by atomic mass is 16.5. The monoisotopic (exact) mass is 261 g/mol. The van der Waals surface area contributed by atoms with E-state index in [9.17, 15) is 0 Å². The van der Waals surface area contributed by atoms with E-state index in [1.54, 1.807) is 0 Å². The van der Waals surface area contributed by atoms with E-state index in [1.807, 2.05) is 31.3 Å². The van der Waals surface area contributed by atoms with Gasteiger partial charge in [0, 0.05) is 18.5 Å². The Morgan fingerprint density at radius 3 is 2.95 bits per heavy atom. The lowest BCUT2D eigenvalue weighted by Crippen LogP contribution is -2.07. The number of nitrogens with one attached hydrogen (secondary N) is 1. The quantitative estimate of drug-likeness (QED) is 0.828. The third kappa shape index (κ3) is 3.79. The number of nitrogens with zero attached hydrogens (tertiary/aromatic N) is 2. The fourth-order valence-electron chi connectivity index (χ4n) is 1.79. The average molecular weight is 261 g/mol. The lowest BCUT2D eigenvalue weighted by molar-refractivity contribution is 0.282. The Morgan fingerprint density at radius 2 is 2.16 bits per heavy atom. The Morgan fingerprint density at radius 1 is 1.32 bits per heavy atom. The van der Waals surface area contributed by atoms with Gasteiger partial charge in [0.05, 0.1) is 0 Å². The van der Waals surface area contributed by atoms with E-state index in [-0.39, 0.29) is 0 Å². The van der Waals surface area contributed by atoms with Gasteiger partial charge in [-0.3, -0.25) is 0 Å². The molecule has 0 aliphatic heterocycles. The minimum Gasteiger partial charge on any atom is -0.485 e. The molecule has 5 heteroatoms. The summed E-state index contributed by atoms with van der Waals surface area (Å²) in [5.41, 5.74) is 1.11. The highest BCUT2D eigenvalue weighted by Gasteiger charge is 2.07. The zero-order valence-corrected chi connectivity index (χ0v) is 11.3. The Bertz CT molecular complexity index is 511. The second kappa shape index (κ2) is 6.89. The van der Waals surface area contributed by atoms with E-state index in [0.717, 1.165) is 30.7 Å². The molecule has 2 rings (SSSR count). The van der Waals surface area contributed by atoms with E-state index in [4.69, 9.17) is 9.26 Å². The van der Waals surface area contributed by atoms with Crippen LogP contribution < -0.4 is 10.1 Å². The van der Waals surface area contributed by atoms with Gasteiger partial charge in [0.2, 0.25) is 11.7 Å². The van der Waals surface area contributed by atoms with Crippen LogP contribution in [-0.4, -0.2) is 17.2 Å². The Kier molecular flexibility index (Phi) is 4.92. The molecule has 2 aromatic rings. The smallest absolute Gasteiger partial charge is 0.226 e. The van der Waals surface area contributed by atoms with Gasteiger partial charge in [-0.2, -0.15) is 4.98 Å². The number of aryl methyl sites for hydroxylation is 1. The van der Waals surface area contributed by atoms with Crippen LogP contribution in [-0.2, 0) is 19.6 Å². The number of hydrogen-bond donors (Lipinski definition) is 1. The van der Waals surface area contributed by atoms with Gasteiger partial charge in [0.15, 0.2) is 6.61 Å². The Labute approximate surface area is 113 Å². The fraction of sp³-hybridized carbons (Fsp3) is 0.429. The predicted octanol–water partition coefficient (Wildman–Crippen LogP) is 2.32. The zero-order chi connectivity index (χ0) is 13.5. The summed E-state index contributed by atoms with van der Waals surface area (Å²) >= 11 is 0. The number of ether oxygens (including phenoxy) is 1. The second-order valence-corrected chi connectivity index (χ2v) is 4.28. The molecule has 0 fully saturated rings. The summed E-state index contributed by atoms with van der Waals surface area (Å²) in [6, 6.07) is 7.92. The number of aromatic nitrogens is 2. The summed E-state index contributed by atoms with van der Waals surface area (Å²) in [6.07, 6.45) is 1.80. The average Bonchev–Trinajstić information content (AvgIpc) is 2.86. The van der Waals surface area contributed by atoms with E-state index < -0.39 is 0 Å². The number of hydrogen-bond acceptors (Lipinski definition) is 5. The first-order valence-corrected chi connectivity index (χ1v) is 6.50. The molecule has 0 unspecified atom stereocenters. The molecule has 1 aromatic carbocycles. The molecule has 0 radical (unpaired) electrons. The summed E-state index contributed by atoms with van der Waals surface area (Å²) < 4.78 is 10.9. The van der Waals surface area contributed by atoms with Crippen molar-refractivity contribution in [2.75, 3.05) is 7.05 Å². The van der Waals surface area contributed by atoms with Crippen LogP contribution in [0.4, 0.5) is 0 Å². The van der Waals surface area contributed by atoms with Crippen molar-refractivity contribution in [3.63, 3.8) is 0 Å². The lowest BCUT2D eigenvalue weighted by Gasteiger charge is -2.09. The summed E-state index contributed by atoms with van der Waals surface area (Å²) in [6.45, 7) is 3.17. The van der Waals surface area contributed by atoms with E-state index >= 15 is 0 Å². The van der Waals surface area contributed by atoms with Crippen molar-refractivity contribution in [1.29, 1.82) is 0 Å². The number of rotatable bonds is 7. The van der Waals surface area contributed by atoms with Crippen molar-refractivity contribution >= 4 is 0 Å². The molecule has 0 bridgehead atoms. The molecule has 1 aromatic heterocycles. The standard InChI is InChI=1S/C14H19N3O2/c1-3-6-14-16-13(17-19-14)10-18-12-8-5-4-7-11(12)9-15-2/h4-5,7-8,15H,3,6,9-10H2,1-2H3. The van der Waals surface area contributed by atoms with E-state index in [2.05, 4.69) is 22.4 Å². The van der Waals surface area contributed by atoms with Crippen molar-refractivity contribution in [2.24, 2.45) is 0 Å². The van der Waals surface area contributed by atoms with Gasteiger partial charge in [-0.1, -0.05) is 30.3 Å². The SMILES string of the molecule is CCCc1nc(COc2ccccc2CNC)no1. The molecule has 1 N–H and O–H groups in total. The fourth-order valence-corrected chi connectivity index (χ4v) is 1.79. The minimum atomic E-state index is 0.327. The van der Waals surface area contributed by atoms with Crippen molar-refractivity contribution in [3.8, 4) is 5.75 Å². The Hall–Kier alpha value is -1.88. The van der Waals surface area contributed by atoms with Crippen molar-refractivity contribution in [3.05, 3.63) is 41.5 Å². The molecule has 0 aliphatic carbocycles. The third-order valence-electron chi connectivity index (χ3n) is 2.67. The summed E-state index contributed by atoms with van der Waals surface area (Å²) in [5.74, 6) is 2.10. The molecular formula is C14H19N3O2. The van der Waals surface area contributed by atoms with Crippen LogP contribution in [0, 0.1) is 0 Å². The summed E-state index contributed by atoms with van der Waals surface area (Å²) in [7, 11) is 1.91. The van der Waals surface area contributed by atoms with Crippen molar-refractivity contribution < 1.29 is 9.26 Å². The molecule has 0 aliphatic rings. The maximum atomic E-state index is 5.74. The molecule has 0 amide bonds. The van der Waals surface area contributed by atoms with Crippen LogP contribution in [0.3, 0.4) is 0 Å². The zero-order valence-electron chi connectivity index (χ0n) is 11.3. The molecule has 0 atom stereocenters. The van der Waals surface area contributed by atoms with Crippen molar-refractivity contribution in [1.82, 2.24) is 15.5 Å². The lowest BCUT2D eigenvalue weighted by atomic mass is 10.2. The van der Waals surface area contributed by atoms with E-state index in [0.29, 0.717) is 18.3 Å². The largest absolute Gasteiger partial charge is 0.485 e. The van der Waals surface area contributed by atoms with Gasteiger partial charge in [-0.15, -0.1) is 0 Å². The van der Waals surface area contributed by atoms with Crippen molar-refractivity contribution in [2.45, 2.75) is 32.9 Å². The Balaban J connectivity index is 1.97. The normalized spacial score (nSPS) is 10.6. The van der Waals surface area contributed by atoms with Crippen LogP contribution in [0.2, 0.25) is 0 Å². The highest BCUT2D eigenvalue weighted by Crippen LogP contribution is 2.18. The first kappa shape index (κ1) is 13.5. The number of benzene rings is 1. The van der Waals surface area contributed by atoms with Gasteiger partial charge in [-0.05, 0) is 19.5 Å². The predicted molar refractivity (Wildman–Crippen MR) is 71.8 cm³/mol. The van der Waals surface area contributed by atoms with Crippen LogP contribution in [0.25, 0.3) is 0 Å². The topological polar surface area (TPSA) is 60.2 Å². The molecule has 0 saturated carbocycles. The second-order valence-electron chi connectivity index (χ2n) is 4.28. The maximum Gasteiger partial charge on any atom is 0.226 e. The first-order chi connectivity index (χ1) is 9.33. The molecular weight excluding hydrogens is 242 g/mol. The summed E-state index contributed by atoms with van der Waals surface area (Å²) in [4.78, 5) is 4.27.